The molecule has 0 bridgehead atoms. The zero-order valence-electron chi connectivity index (χ0n) is 13.5. The van der Waals surface area contributed by atoms with Crippen molar-refractivity contribution in [3.8, 4) is 0 Å². The van der Waals surface area contributed by atoms with Gasteiger partial charge in [0.1, 0.15) is 5.82 Å². The van der Waals surface area contributed by atoms with Crippen LogP contribution in [0.1, 0.15) is 5.56 Å². The van der Waals surface area contributed by atoms with Gasteiger partial charge in [-0.1, -0.05) is 0 Å². The third-order valence-corrected chi connectivity index (χ3v) is 5.12. The van der Waals surface area contributed by atoms with Crippen molar-refractivity contribution in [3.63, 3.8) is 0 Å². The highest BCUT2D eigenvalue weighted by molar-refractivity contribution is 7.89. The van der Waals surface area contributed by atoms with Gasteiger partial charge in [0, 0.05) is 26.2 Å². The van der Waals surface area contributed by atoms with Crippen molar-refractivity contribution in [2.24, 2.45) is 0 Å². The van der Waals surface area contributed by atoms with Gasteiger partial charge in [-0.3, -0.25) is 9.69 Å². The molecule has 1 aliphatic rings. The lowest BCUT2D eigenvalue weighted by atomic mass is 10.2. The molecule has 0 aliphatic carbocycles. The lowest BCUT2D eigenvalue weighted by molar-refractivity contribution is -0.120. The first-order valence-electron chi connectivity index (χ1n) is 7.71. The Bertz CT molecular complexity index is 675. The predicted octanol–water partition coefficient (Wildman–Crippen LogP) is -0.139. The zero-order valence-corrected chi connectivity index (χ0v) is 14.4. The number of carbonyl (C=O) groups is 1. The van der Waals surface area contributed by atoms with E-state index >= 15 is 0 Å². The number of nitrogens with one attached hydrogen (secondary N) is 2. The van der Waals surface area contributed by atoms with Gasteiger partial charge in [-0.25, -0.2) is 17.5 Å². The second kappa shape index (κ2) is 8.52. The summed E-state index contributed by atoms with van der Waals surface area (Å²) in [7, 11) is -3.84. The molecule has 0 atom stereocenters. The number of morpholine rings is 1. The molecule has 0 saturated carbocycles. The van der Waals surface area contributed by atoms with Crippen LogP contribution in [0.4, 0.5) is 4.39 Å². The van der Waals surface area contributed by atoms with Crippen LogP contribution in [0.5, 0.6) is 0 Å². The van der Waals surface area contributed by atoms with E-state index in [1.807, 2.05) is 0 Å². The molecule has 24 heavy (non-hydrogen) atoms. The number of aryl methyl sites for hydroxylation is 1. The second-order valence-corrected chi connectivity index (χ2v) is 7.31. The molecule has 2 rings (SSSR count). The van der Waals surface area contributed by atoms with Gasteiger partial charge < -0.3 is 10.1 Å². The number of hydrogen-bond donors (Lipinski definition) is 2. The van der Waals surface area contributed by atoms with Crippen molar-refractivity contribution < 1.29 is 22.3 Å². The van der Waals surface area contributed by atoms with E-state index in [2.05, 4.69) is 14.9 Å². The first-order valence-corrected chi connectivity index (χ1v) is 9.19. The van der Waals surface area contributed by atoms with Crippen LogP contribution in [-0.4, -0.2) is 65.2 Å². The van der Waals surface area contributed by atoms with Crippen molar-refractivity contribution in [2.75, 3.05) is 45.9 Å². The zero-order chi connectivity index (χ0) is 17.6. The predicted molar refractivity (Wildman–Crippen MR) is 86.6 cm³/mol. The Labute approximate surface area is 141 Å². The smallest absolute Gasteiger partial charge is 0.241 e. The van der Waals surface area contributed by atoms with E-state index in [0.717, 1.165) is 19.2 Å². The van der Waals surface area contributed by atoms with Crippen molar-refractivity contribution in [3.05, 3.63) is 29.6 Å². The highest BCUT2D eigenvalue weighted by Gasteiger charge is 2.17. The molecule has 2 N–H and O–H groups in total. The molecule has 1 aromatic rings. The average molecular weight is 359 g/mol. The lowest BCUT2D eigenvalue weighted by Crippen LogP contribution is -2.43. The standard InChI is InChI=1S/C15H22FN3O4S/c1-12-10-13(2-3-14(12)16)24(21,22)18-11-15(20)17-4-5-19-6-8-23-9-7-19/h2-3,10,18H,4-9,11H2,1H3,(H,17,20). The summed E-state index contributed by atoms with van der Waals surface area (Å²) in [5.41, 5.74) is 0.229. The fraction of sp³-hybridized carbons (Fsp3) is 0.533. The van der Waals surface area contributed by atoms with Gasteiger partial charge in [-0.2, -0.15) is 0 Å². The molecule has 1 aliphatic heterocycles. The largest absolute Gasteiger partial charge is 0.379 e. The van der Waals surface area contributed by atoms with Crippen LogP contribution in [0.15, 0.2) is 23.1 Å². The number of carbonyl (C=O) groups excluding carboxylic acids is 1. The SMILES string of the molecule is Cc1cc(S(=O)(=O)NCC(=O)NCCN2CCOCC2)ccc1F. The van der Waals surface area contributed by atoms with E-state index in [-0.39, 0.29) is 17.0 Å². The highest BCUT2D eigenvalue weighted by Crippen LogP contribution is 2.13. The molecule has 7 nitrogen and oxygen atoms in total. The van der Waals surface area contributed by atoms with Gasteiger partial charge in [0.25, 0.3) is 0 Å². The van der Waals surface area contributed by atoms with Crippen LogP contribution in [0.25, 0.3) is 0 Å². The number of sulfonamides is 1. The molecular formula is C15H22FN3O4S. The third-order valence-electron chi connectivity index (χ3n) is 3.72. The minimum atomic E-state index is -3.84. The number of halogens is 1. The molecule has 9 heteroatoms. The van der Waals surface area contributed by atoms with Gasteiger partial charge in [0.2, 0.25) is 15.9 Å². The summed E-state index contributed by atoms with van der Waals surface area (Å²) in [6.07, 6.45) is 0. The van der Waals surface area contributed by atoms with Gasteiger partial charge in [-0.05, 0) is 30.7 Å². The van der Waals surface area contributed by atoms with Crippen molar-refractivity contribution in [2.45, 2.75) is 11.8 Å². The van der Waals surface area contributed by atoms with E-state index in [1.165, 1.54) is 19.1 Å². The van der Waals surface area contributed by atoms with Crippen LogP contribution in [0.2, 0.25) is 0 Å². The van der Waals surface area contributed by atoms with E-state index < -0.39 is 21.7 Å². The molecular weight excluding hydrogens is 337 g/mol. The highest BCUT2D eigenvalue weighted by atomic mass is 32.2. The summed E-state index contributed by atoms with van der Waals surface area (Å²) >= 11 is 0. The van der Waals surface area contributed by atoms with E-state index in [1.54, 1.807) is 0 Å². The fourth-order valence-corrected chi connectivity index (χ4v) is 3.34. The Morgan fingerprint density at radius 3 is 2.71 bits per heavy atom. The second-order valence-electron chi connectivity index (χ2n) is 5.54. The van der Waals surface area contributed by atoms with Crippen LogP contribution in [-0.2, 0) is 19.6 Å². The Morgan fingerprint density at radius 1 is 1.33 bits per heavy atom. The molecule has 1 heterocycles. The summed E-state index contributed by atoms with van der Waals surface area (Å²) in [5, 5.41) is 2.67. The minimum Gasteiger partial charge on any atom is -0.379 e. The van der Waals surface area contributed by atoms with Crippen molar-refractivity contribution >= 4 is 15.9 Å². The quantitative estimate of drug-likeness (QED) is 0.708. The summed E-state index contributed by atoms with van der Waals surface area (Å²) in [6.45, 7) is 5.28. The van der Waals surface area contributed by atoms with Crippen LogP contribution >= 0.6 is 0 Å². The molecule has 1 saturated heterocycles. The Kier molecular flexibility index (Phi) is 6.67. The monoisotopic (exact) mass is 359 g/mol. The normalized spacial score (nSPS) is 16.1. The number of nitrogens with zero attached hydrogens (tertiary/aromatic N) is 1. The minimum absolute atomic E-state index is 0.0671. The van der Waals surface area contributed by atoms with Crippen LogP contribution in [0.3, 0.4) is 0 Å². The third kappa shape index (κ3) is 5.52. The van der Waals surface area contributed by atoms with Gasteiger partial charge in [-0.15, -0.1) is 0 Å². The number of rotatable bonds is 7. The number of ether oxygens (including phenoxy) is 1. The molecule has 134 valence electrons. The van der Waals surface area contributed by atoms with E-state index in [0.29, 0.717) is 26.3 Å². The topological polar surface area (TPSA) is 87.7 Å². The maximum Gasteiger partial charge on any atom is 0.241 e. The fourth-order valence-electron chi connectivity index (χ4n) is 2.27. The number of benzene rings is 1. The summed E-state index contributed by atoms with van der Waals surface area (Å²) in [4.78, 5) is 13.8. The number of hydrogen-bond acceptors (Lipinski definition) is 5. The Hall–Kier alpha value is -1.55. The van der Waals surface area contributed by atoms with Gasteiger partial charge in [0.15, 0.2) is 0 Å². The Morgan fingerprint density at radius 2 is 2.04 bits per heavy atom. The first kappa shape index (κ1) is 18.8. The first-order chi connectivity index (χ1) is 11.4. The molecule has 0 spiro atoms. The van der Waals surface area contributed by atoms with Crippen molar-refractivity contribution in [1.82, 2.24) is 14.9 Å². The Balaban J connectivity index is 1.76. The van der Waals surface area contributed by atoms with Gasteiger partial charge >= 0.3 is 0 Å². The molecule has 1 amide bonds. The molecule has 1 aromatic carbocycles. The van der Waals surface area contributed by atoms with E-state index in [9.17, 15) is 17.6 Å². The van der Waals surface area contributed by atoms with E-state index in [4.69, 9.17) is 4.74 Å². The molecule has 0 radical (unpaired) electrons. The summed E-state index contributed by atoms with van der Waals surface area (Å²) in [6, 6.07) is 3.49. The van der Waals surface area contributed by atoms with Crippen molar-refractivity contribution in [1.29, 1.82) is 0 Å². The molecule has 0 unspecified atom stereocenters. The average Bonchev–Trinajstić information content (AvgIpc) is 2.56. The van der Waals surface area contributed by atoms with Gasteiger partial charge in [0.05, 0.1) is 24.7 Å². The molecule has 0 aromatic heterocycles. The summed E-state index contributed by atoms with van der Waals surface area (Å²) < 4.78 is 44.8. The van der Waals surface area contributed by atoms with Crippen LogP contribution in [0, 0.1) is 12.7 Å². The lowest BCUT2D eigenvalue weighted by Gasteiger charge is -2.26. The summed E-state index contributed by atoms with van der Waals surface area (Å²) in [5.74, 6) is -0.888. The maximum absolute atomic E-state index is 13.2. The van der Waals surface area contributed by atoms with Crippen LogP contribution < -0.4 is 10.0 Å². The maximum atomic E-state index is 13.2. The number of amides is 1. The molecule has 1 fully saturated rings.